The zero-order valence-corrected chi connectivity index (χ0v) is 25.9. The quantitative estimate of drug-likeness (QED) is 0.130. The number of carbonyl (C=O) groups is 1. The molecule has 1 aliphatic heterocycles. The monoisotopic (exact) mass is 656 g/mol. The van der Waals surface area contributed by atoms with E-state index in [1.807, 2.05) is 35.2 Å². The molecule has 0 fully saturated rings. The van der Waals surface area contributed by atoms with Crippen LogP contribution < -0.4 is 32.1 Å². The molecule has 0 spiro atoms. The summed E-state index contributed by atoms with van der Waals surface area (Å²) in [4.78, 5) is 59.3. The van der Waals surface area contributed by atoms with Crippen LogP contribution in [0.5, 0.6) is 0 Å². The highest BCUT2D eigenvalue weighted by Crippen LogP contribution is 2.35. The summed E-state index contributed by atoms with van der Waals surface area (Å²) in [5, 5.41) is 23.6. The number of nitrogens with zero attached hydrogens (tertiary/aromatic N) is 8. The maximum absolute atomic E-state index is 13.7. The van der Waals surface area contributed by atoms with E-state index in [1.54, 1.807) is 6.07 Å². The molecule has 6 aromatic rings. The molecular weight excluding hydrogens is 628 g/mol. The molecule has 244 valence electrons. The number of carbonyl (C=O) groups excluding carboxylic acids is 1. The first-order valence-corrected chi connectivity index (χ1v) is 15.6. The zero-order valence-electron chi connectivity index (χ0n) is 25.9. The van der Waals surface area contributed by atoms with Gasteiger partial charge < -0.3 is 21.3 Å². The van der Waals surface area contributed by atoms with E-state index >= 15 is 0 Å². The number of nitrogens with one attached hydrogen (secondary N) is 3. The Kier molecular flexibility index (Phi) is 7.05. The van der Waals surface area contributed by atoms with Gasteiger partial charge in [0.2, 0.25) is 17.4 Å². The van der Waals surface area contributed by atoms with Gasteiger partial charge in [-0.3, -0.25) is 18.8 Å². The van der Waals surface area contributed by atoms with Gasteiger partial charge in [0, 0.05) is 25.2 Å². The van der Waals surface area contributed by atoms with Gasteiger partial charge in [0.05, 0.1) is 23.6 Å². The van der Waals surface area contributed by atoms with Crippen molar-refractivity contribution in [2.75, 3.05) is 17.2 Å². The first-order chi connectivity index (χ1) is 23.8. The number of H-pyrrole nitrogens is 1. The molecule has 16 heteroatoms. The van der Waals surface area contributed by atoms with Crippen molar-refractivity contribution in [1.29, 1.82) is 0 Å². The number of imidazole rings is 1. The molecule has 49 heavy (non-hydrogen) atoms. The fourth-order valence-electron chi connectivity index (χ4n) is 6.70. The molecule has 1 atom stereocenters. The average Bonchev–Trinajstić information content (AvgIpc) is 3.90. The second-order valence-electron chi connectivity index (χ2n) is 12.1. The van der Waals surface area contributed by atoms with Crippen LogP contribution in [-0.4, -0.2) is 47.4 Å². The van der Waals surface area contributed by atoms with E-state index in [0.29, 0.717) is 36.7 Å². The number of amides is 1. The summed E-state index contributed by atoms with van der Waals surface area (Å²) in [6.45, 7) is 5.42. The summed E-state index contributed by atoms with van der Waals surface area (Å²) >= 11 is 0. The van der Waals surface area contributed by atoms with Crippen molar-refractivity contribution in [3.8, 4) is 11.4 Å². The molecule has 4 heterocycles. The molecule has 3 aromatic carbocycles. The summed E-state index contributed by atoms with van der Waals surface area (Å²) in [7, 11) is 0. The molecule has 2 aliphatic rings. The normalized spacial score (nSPS) is 15.3. The van der Waals surface area contributed by atoms with Gasteiger partial charge >= 0.3 is 0 Å². The summed E-state index contributed by atoms with van der Waals surface area (Å²) in [5.41, 5.74) is 12.1. The lowest BCUT2D eigenvalue weighted by Crippen LogP contribution is -2.44. The van der Waals surface area contributed by atoms with Crippen molar-refractivity contribution >= 4 is 34.6 Å². The topological polar surface area (TPSA) is 219 Å². The van der Waals surface area contributed by atoms with Gasteiger partial charge in [-0.2, -0.15) is 10.2 Å². The minimum absolute atomic E-state index is 0.00815. The number of nitroso groups, excluding NO2 is 1. The Hall–Kier alpha value is -6.58. The lowest BCUT2D eigenvalue weighted by molar-refractivity contribution is 0.0944. The second kappa shape index (κ2) is 11.6. The number of fused-ring (bicyclic) bond motifs is 3. The SMILES string of the molecule is C=C(N[C@H]1CCc2cc(-c3nn[nH]n3)ccc21)c1cc(C(=O)NCc2ccc3c(c2)CN(c2c(N)c(=O)c2=O)CC3)n2cc(N=O)nc2n1. The van der Waals surface area contributed by atoms with Crippen molar-refractivity contribution in [2.45, 2.75) is 38.4 Å². The molecule has 0 radical (unpaired) electrons. The third kappa shape index (κ3) is 5.18. The van der Waals surface area contributed by atoms with Crippen LogP contribution in [0.25, 0.3) is 22.9 Å². The number of aromatic amines is 1. The van der Waals surface area contributed by atoms with Crippen LogP contribution in [0.1, 0.15) is 56.5 Å². The first-order valence-electron chi connectivity index (χ1n) is 15.6. The Morgan fingerprint density at radius 1 is 1.06 bits per heavy atom. The summed E-state index contributed by atoms with van der Waals surface area (Å²) in [6, 6.07) is 13.5. The standard InChI is InChI=1S/C33H28N12O4/c1-16(36-23-7-5-19-11-20(4-6-22(19)23)31-39-42-43-40-31)24-12-25(45-15-26(41-49)38-33(45)37-24)32(48)35-13-17-2-3-18-8-9-44(14-21(18)10-17)28-27(34)29(46)30(28)47/h2-4,6,10-12,15,23,36H,1,5,7-9,13-14,34H2,(H,35,48)(H,39,40,42,43)/t23-/m0/s1. The van der Waals surface area contributed by atoms with Crippen LogP contribution in [-0.2, 0) is 25.9 Å². The van der Waals surface area contributed by atoms with Crippen molar-refractivity contribution in [2.24, 2.45) is 5.18 Å². The third-order valence-electron chi connectivity index (χ3n) is 9.21. The molecular formula is C33H28N12O4. The van der Waals surface area contributed by atoms with E-state index in [-0.39, 0.29) is 41.3 Å². The maximum Gasteiger partial charge on any atom is 0.268 e. The number of hydrogen-bond acceptors (Lipinski definition) is 13. The fourth-order valence-corrected chi connectivity index (χ4v) is 6.70. The first kappa shape index (κ1) is 29.8. The lowest BCUT2D eigenvalue weighted by Gasteiger charge is -2.32. The lowest BCUT2D eigenvalue weighted by atomic mass is 9.96. The number of aromatic nitrogens is 7. The summed E-state index contributed by atoms with van der Waals surface area (Å²) in [6.07, 6.45) is 3.71. The van der Waals surface area contributed by atoms with Crippen LogP contribution in [0.15, 0.2) is 70.0 Å². The zero-order chi connectivity index (χ0) is 33.8. The largest absolute Gasteiger partial charge is 0.394 e. The molecule has 1 amide bonds. The molecule has 16 nitrogen and oxygen atoms in total. The molecule has 5 N–H and O–H groups in total. The smallest absolute Gasteiger partial charge is 0.268 e. The van der Waals surface area contributed by atoms with Gasteiger partial charge in [-0.25, -0.2) is 4.98 Å². The van der Waals surface area contributed by atoms with Crippen LogP contribution in [0.2, 0.25) is 0 Å². The molecule has 0 bridgehead atoms. The van der Waals surface area contributed by atoms with E-state index in [2.05, 4.69) is 59.0 Å². The molecule has 0 saturated carbocycles. The Balaban J connectivity index is 1.00. The number of tetrazole rings is 1. The van der Waals surface area contributed by atoms with Crippen LogP contribution in [0.4, 0.5) is 17.2 Å². The van der Waals surface area contributed by atoms with Crippen LogP contribution in [0.3, 0.4) is 0 Å². The van der Waals surface area contributed by atoms with Crippen LogP contribution in [0, 0.1) is 4.91 Å². The number of nitrogens with two attached hydrogens (primary N) is 1. The van der Waals surface area contributed by atoms with Crippen molar-refractivity contribution in [3.63, 3.8) is 0 Å². The Morgan fingerprint density at radius 2 is 1.94 bits per heavy atom. The molecule has 8 rings (SSSR count). The highest BCUT2D eigenvalue weighted by Gasteiger charge is 2.28. The number of hydrogen-bond donors (Lipinski definition) is 4. The number of benzene rings is 2. The number of aryl methyl sites for hydroxylation is 1. The summed E-state index contributed by atoms with van der Waals surface area (Å²) < 4.78 is 1.42. The van der Waals surface area contributed by atoms with Gasteiger partial charge in [-0.05, 0) is 69.6 Å². The predicted octanol–water partition coefficient (Wildman–Crippen LogP) is 2.23. The number of rotatable bonds is 9. The van der Waals surface area contributed by atoms with E-state index in [0.717, 1.165) is 46.2 Å². The Bertz CT molecular complexity index is 2390. The fraction of sp³-hybridized carbons (Fsp3) is 0.212. The van der Waals surface area contributed by atoms with E-state index < -0.39 is 16.8 Å². The molecule has 0 unspecified atom stereocenters. The minimum Gasteiger partial charge on any atom is -0.394 e. The molecule has 0 saturated heterocycles. The average molecular weight is 657 g/mol. The van der Waals surface area contributed by atoms with E-state index in [1.165, 1.54) is 10.6 Å². The van der Waals surface area contributed by atoms with Crippen molar-refractivity contribution in [3.05, 3.63) is 120 Å². The maximum atomic E-state index is 13.7. The molecule has 1 aliphatic carbocycles. The summed E-state index contributed by atoms with van der Waals surface area (Å²) in [5.74, 6) is 0.120. The van der Waals surface area contributed by atoms with Crippen LogP contribution >= 0.6 is 0 Å². The van der Waals surface area contributed by atoms with Crippen molar-refractivity contribution in [1.82, 2.24) is 45.6 Å². The molecule has 3 aromatic heterocycles. The second-order valence-corrected chi connectivity index (χ2v) is 12.1. The van der Waals surface area contributed by atoms with E-state index in [9.17, 15) is 19.3 Å². The number of nitrogen functional groups attached to an aromatic ring is 1. The highest BCUT2D eigenvalue weighted by molar-refractivity contribution is 5.94. The Labute approximate surface area is 276 Å². The highest BCUT2D eigenvalue weighted by atomic mass is 16.3. The van der Waals surface area contributed by atoms with Gasteiger partial charge in [-0.1, -0.05) is 36.9 Å². The number of anilines is 2. The van der Waals surface area contributed by atoms with Gasteiger partial charge in [0.25, 0.3) is 16.8 Å². The van der Waals surface area contributed by atoms with Crippen molar-refractivity contribution < 1.29 is 4.79 Å². The Morgan fingerprint density at radius 3 is 2.73 bits per heavy atom. The van der Waals surface area contributed by atoms with Gasteiger partial charge in [0.1, 0.15) is 17.1 Å². The predicted molar refractivity (Wildman–Crippen MR) is 179 cm³/mol. The van der Waals surface area contributed by atoms with Gasteiger partial charge in [-0.15, -0.1) is 15.1 Å². The van der Waals surface area contributed by atoms with E-state index in [4.69, 9.17) is 5.73 Å². The third-order valence-corrected chi connectivity index (χ3v) is 9.21. The van der Waals surface area contributed by atoms with Gasteiger partial charge in [0.15, 0.2) is 0 Å². The minimum atomic E-state index is -0.640.